The van der Waals surface area contributed by atoms with Gasteiger partial charge in [-0.05, 0) is 0 Å². The van der Waals surface area contributed by atoms with Gasteiger partial charge in [0.15, 0.2) is 0 Å². The Morgan fingerprint density at radius 2 is 1.64 bits per heavy atom. The SMILES string of the molecule is [Cl-].[Cl-].[Pt+2]/[C]1=C/CC/C=C\CC1. The quantitative estimate of drug-likeness (QED) is 0.388. The van der Waals surface area contributed by atoms with Crippen molar-refractivity contribution in [3.05, 3.63) is 22.2 Å². The molecule has 1 aliphatic rings. The normalized spacial score (nSPS) is 24.3. The molecule has 11 heavy (non-hydrogen) atoms. The maximum atomic E-state index is 2.41. The Morgan fingerprint density at radius 1 is 1.00 bits per heavy atom. The molecule has 0 aromatic rings. The third-order valence-electron chi connectivity index (χ3n) is 1.39. The van der Waals surface area contributed by atoms with Crippen molar-refractivity contribution in [2.75, 3.05) is 0 Å². The third kappa shape index (κ3) is 7.12. The van der Waals surface area contributed by atoms with Crippen LogP contribution in [0.1, 0.15) is 25.7 Å². The van der Waals surface area contributed by atoms with Crippen LogP contribution in [0.25, 0.3) is 0 Å². The molecule has 0 heterocycles. The van der Waals surface area contributed by atoms with E-state index in [1.165, 1.54) is 29.6 Å². The van der Waals surface area contributed by atoms with Gasteiger partial charge < -0.3 is 24.8 Å². The molecular weight excluding hydrogens is 362 g/mol. The molecule has 0 N–H and O–H groups in total. The average Bonchev–Trinajstić information content (AvgIpc) is 1.79. The van der Waals surface area contributed by atoms with Gasteiger partial charge in [0.25, 0.3) is 0 Å². The Hall–Kier alpha value is 0.748. The first-order valence-electron chi connectivity index (χ1n) is 3.36. The van der Waals surface area contributed by atoms with Crippen LogP contribution < -0.4 is 24.8 Å². The van der Waals surface area contributed by atoms with E-state index in [9.17, 15) is 0 Å². The molecule has 0 aromatic heterocycles. The summed E-state index contributed by atoms with van der Waals surface area (Å²) in [7, 11) is 0. The van der Waals surface area contributed by atoms with Gasteiger partial charge in [-0.15, -0.1) is 0 Å². The van der Waals surface area contributed by atoms with Gasteiger partial charge in [-0.1, -0.05) is 0 Å². The predicted molar refractivity (Wildman–Crippen MR) is 35.7 cm³/mol. The Kier molecular flexibility index (Phi) is 11.5. The first kappa shape index (κ1) is 14.3. The molecule has 0 fully saturated rings. The molecular formula is C8H11Cl2Pt. The summed E-state index contributed by atoms with van der Waals surface area (Å²) >= 11 is 2.41. The van der Waals surface area contributed by atoms with Crippen molar-refractivity contribution < 1.29 is 44.6 Å². The minimum absolute atomic E-state index is 0. The second kappa shape index (κ2) is 8.84. The van der Waals surface area contributed by atoms with Crippen LogP contribution in [0, 0.1) is 0 Å². The van der Waals surface area contributed by atoms with Crippen molar-refractivity contribution in [2.24, 2.45) is 0 Å². The van der Waals surface area contributed by atoms with Crippen molar-refractivity contribution in [2.45, 2.75) is 25.7 Å². The molecule has 0 atom stereocenters. The van der Waals surface area contributed by atoms with E-state index in [1.807, 2.05) is 0 Å². The van der Waals surface area contributed by atoms with E-state index < -0.39 is 0 Å². The fourth-order valence-corrected chi connectivity index (χ4v) is 1.53. The fourth-order valence-electron chi connectivity index (χ4n) is 0.877. The van der Waals surface area contributed by atoms with Gasteiger partial charge in [-0.25, -0.2) is 0 Å². The number of hydrogen-bond acceptors (Lipinski definition) is 0. The van der Waals surface area contributed by atoms with E-state index in [-0.39, 0.29) is 24.8 Å². The molecule has 0 saturated carbocycles. The Bertz CT molecular complexity index is 141. The monoisotopic (exact) mass is 372 g/mol. The van der Waals surface area contributed by atoms with E-state index in [0.717, 1.165) is 0 Å². The van der Waals surface area contributed by atoms with Crippen LogP contribution in [-0.2, 0) is 19.8 Å². The predicted octanol–water partition coefficient (Wildman–Crippen LogP) is -3.44. The molecule has 0 aliphatic heterocycles. The number of halogens is 2. The molecule has 0 spiro atoms. The van der Waals surface area contributed by atoms with E-state index in [0.29, 0.717) is 0 Å². The number of allylic oxidation sites excluding steroid dienone is 4. The van der Waals surface area contributed by atoms with Crippen LogP contribution in [0.15, 0.2) is 22.2 Å². The van der Waals surface area contributed by atoms with E-state index in [4.69, 9.17) is 0 Å². The summed E-state index contributed by atoms with van der Waals surface area (Å²) in [4.78, 5) is 0. The van der Waals surface area contributed by atoms with Crippen LogP contribution >= 0.6 is 0 Å². The van der Waals surface area contributed by atoms with Gasteiger partial charge in [-0.3, -0.25) is 0 Å². The van der Waals surface area contributed by atoms with Crippen LogP contribution in [-0.4, -0.2) is 0 Å². The van der Waals surface area contributed by atoms with Crippen LogP contribution in [0.2, 0.25) is 0 Å². The molecule has 67 valence electrons. The molecule has 0 bridgehead atoms. The second-order valence-electron chi connectivity index (χ2n) is 2.20. The molecule has 3 heteroatoms. The van der Waals surface area contributed by atoms with Gasteiger partial charge in [0.1, 0.15) is 0 Å². The van der Waals surface area contributed by atoms with Crippen LogP contribution in [0.3, 0.4) is 0 Å². The molecule has 0 aromatic carbocycles. The van der Waals surface area contributed by atoms with Gasteiger partial charge in [-0.2, -0.15) is 0 Å². The Labute approximate surface area is 92.2 Å². The zero-order valence-electron chi connectivity index (χ0n) is 6.13. The zero-order chi connectivity index (χ0) is 6.53. The molecule has 0 saturated heterocycles. The van der Waals surface area contributed by atoms with Crippen LogP contribution in [0.4, 0.5) is 0 Å². The minimum atomic E-state index is 0. The summed E-state index contributed by atoms with van der Waals surface area (Å²) in [6.45, 7) is 0. The molecule has 1 rings (SSSR count). The molecule has 0 unspecified atom stereocenters. The van der Waals surface area contributed by atoms with E-state index >= 15 is 0 Å². The van der Waals surface area contributed by atoms with Gasteiger partial charge in [0.05, 0.1) is 0 Å². The standard InChI is InChI=1S/C8H11.2ClH.Pt/c1-2-4-6-8-7-5-3-1;;;/h1-2,7H,3-6H2;2*1H;/q;;;+2/p-2/b2-1-,8-7?;;;. The summed E-state index contributed by atoms with van der Waals surface area (Å²) in [6, 6.07) is 0. The molecule has 1 aliphatic carbocycles. The molecule has 0 nitrogen and oxygen atoms in total. The van der Waals surface area contributed by atoms with Gasteiger partial charge in [0, 0.05) is 0 Å². The van der Waals surface area contributed by atoms with Crippen molar-refractivity contribution in [1.82, 2.24) is 0 Å². The molecule has 0 amide bonds. The van der Waals surface area contributed by atoms with Crippen molar-refractivity contribution in [3.63, 3.8) is 0 Å². The average molecular weight is 373 g/mol. The zero-order valence-corrected chi connectivity index (χ0v) is 9.92. The number of hydrogen-bond donors (Lipinski definition) is 0. The topological polar surface area (TPSA) is 0 Å². The summed E-state index contributed by atoms with van der Waals surface area (Å²) in [5.74, 6) is 0. The van der Waals surface area contributed by atoms with E-state index in [1.54, 1.807) is 0 Å². The Morgan fingerprint density at radius 3 is 2.36 bits per heavy atom. The fraction of sp³-hybridized carbons (Fsp3) is 0.500. The van der Waals surface area contributed by atoms with Crippen molar-refractivity contribution in [1.29, 1.82) is 0 Å². The second-order valence-corrected chi connectivity index (χ2v) is 3.66. The summed E-state index contributed by atoms with van der Waals surface area (Å²) in [5.41, 5.74) is 0. The van der Waals surface area contributed by atoms with Crippen LogP contribution in [0.5, 0.6) is 0 Å². The van der Waals surface area contributed by atoms with E-state index in [2.05, 4.69) is 38.0 Å². The Balaban J connectivity index is 0. The maximum absolute atomic E-state index is 2.41. The summed E-state index contributed by atoms with van der Waals surface area (Å²) < 4.78 is 1.53. The van der Waals surface area contributed by atoms with Crippen molar-refractivity contribution >= 4 is 0 Å². The first-order valence-corrected chi connectivity index (χ1v) is 4.49. The van der Waals surface area contributed by atoms with Gasteiger partial charge in [0.2, 0.25) is 0 Å². The van der Waals surface area contributed by atoms with Crippen molar-refractivity contribution in [3.8, 4) is 0 Å². The third-order valence-corrected chi connectivity index (χ3v) is 2.42. The first-order chi connectivity index (χ1) is 4.39. The molecule has 0 radical (unpaired) electrons. The summed E-state index contributed by atoms with van der Waals surface area (Å²) in [5, 5.41) is 0. The summed E-state index contributed by atoms with van der Waals surface area (Å²) in [6.07, 6.45) is 11.8. The van der Waals surface area contributed by atoms with Gasteiger partial charge >= 0.3 is 67.7 Å². The number of rotatable bonds is 0.